The monoisotopic (exact) mass is 302 g/mol. The van der Waals surface area contributed by atoms with Crippen LogP contribution in [0.1, 0.15) is 31.6 Å². The largest absolute Gasteiger partial charge is 0.316 e. The highest BCUT2D eigenvalue weighted by Crippen LogP contribution is 2.26. The maximum Gasteiger partial charge on any atom is 0.250 e. The van der Waals surface area contributed by atoms with E-state index >= 15 is 0 Å². The number of hydrogen-bond donors (Lipinski definition) is 2. The average Bonchev–Trinajstić information content (AvgIpc) is 2.87. The summed E-state index contributed by atoms with van der Waals surface area (Å²) in [7, 11) is -3.35. The van der Waals surface area contributed by atoms with Crippen LogP contribution in [0.15, 0.2) is 16.3 Å². The van der Waals surface area contributed by atoms with Crippen LogP contribution < -0.4 is 10.0 Å². The summed E-state index contributed by atoms with van der Waals surface area (Å²) in [5.41, 5.74) is 0.0240. The molecule has 1 aliphatic rings. The first-order valence-corrected chi connectivity index (χ1v) is 9.04. The van der Waals surface area contributed by atoms with Crippen LogP contribution in [0.5, 0.6) is 0 Å². The van der Waals surface area contributed by atoms with Gasteiger partial charge in [0.1, 0.15) is 4.21 Å². The number of sulfonamides is 1. The minimum Gasteiger partial charge on any atom is -0.316 e. The molecule has 1 aliphatic heterocycles. The van der Waals surface area contributed by atoms with Crippen LogP contribution in [0.4, 0.5) is 0 Å². The van der Waals surface area contributed by atoms with Crippen molar-refractivity contribution in [1.29, 1.82) is 0 Å². The molecule has 19 heavy (non-hydrogen) atoms. The summed E-state index contributed by atoms with van der Waals surface area (Å²) >= 11 is 1.36. The van der Waals surface area contributed by atoms with E-state index in [1.54, 1.807) is 6.07 Å². The van der Waals surface area contributed by atoms with Crippen molar-refractivity contribution in [2.75, 3.05) is 19.6 Å². The number of nitrogens with one attached hydrogen (secondary N) is 2. The molecular weight excluding hydrogens is 280 g/mol. The van der Waals surface area contributed by atoms with Gasteiger partial charge >= 0.3 is 0 Å². The van der Waals surface area contributed by atoms with Crippen LogP contribution in [0.2, 0.25) is 0 Å². The second kappa shape index (κ2) is 5.91. The van der Waals surface area contributed by atoms with E-state index in [1.165, 1.54) is 11.3 Å². The van der Waals surface area contributed by atoms with Crippen LogP contribution >= 0.6 is 11.3 Å². The summed E-state index contributed by atoms with van der Waals surface area (Å²) < 4.78 is 27.6. The summed E-state index contributed by atoms with van der Waals surface area (Å²) in [5.74, 6) is 0. The summed E-state index contributed by atoms with van der Waals surface area (Å²) in [6, 6.07) is 3.59. The highest BCUT2D eigenvalue weighted by molar-refractivity contribution is 7.91. The molecule has 2 heterocycles. The molecule has 1 aromatic heterocycles. The van der Waals surface area contributed by atoms with Crippen molar-refractivity contribution in [2.24, 2.45) is 5.41 Å². The second-order valence-corrected chi connectivity index (χ2v) is 8.65. The Hall–Kier alpha value is -0.430. The van der Waals surface area contributed by atoms with E-state index in [1.807, 2.05) is 13.0 Å². The van der Waals surface area contributed by atoms with Crippen molar-refractivity contribution in [3.63, 3.8) is 0 Å². The summed E-state index contributed by atoms with van der Waals surface area (Å²) in [6.45, 7) is 6.58. The van der Waals surface area contributed by atoms with E-state index in [0.29, 0.717) is 10.8 Å². The van der Waals surface area contributed by atoms with Crippen molar-refractivity contribution >= 4 is 21.4 Å². The zero-order chi connectivity index (χ0) is 13.9. The maximum absolute atomic E-state index is 12.2. The van der Waals surface area contributed by atoms with E-state index in [9.17, 15) is 8.42 Å². The molecule has 1 unspecified atom stereocenters. The topological polar surface area (TPSA) is 58.2 Å². The van der Waals surface area contributed by atoms with Gasteiger partial charge in [0.25, 0.3) is 0 Å². The van der Waals surface area contributed by atoms with Crippen molar-refractivity contribution in [3.8, 4) is 0 Å². The molecule has 6 heteroatoms. The molecule has 1 aromatic rings. The minimum atomic E-state index is -3.35. The number of aryl methyl sites for hydroxylation is 1. The predicted octanol–water partition coefficient (Wildman–Crippen LogP) is 1.98. The smallest absolute Gasteiger partial charge is 0.250 e. The number of rotatable bonds is 5. The first-order valence-electron chi connectivity index (χ1n) is 6.74. The SMILES string of the molecule is CCc1ccc(S(=O)(=O)NCC2(C)CCCNC2)s1. The Kier molecular flexibility index (Phi) is 4.66. The van der Waals surface area contributed by atoms with Gasteiger partial charge in [-0.25, -0.2) is 13.1 Å². The molecule has 4 nitrogen and oxygen atoms in total. The first kappa shape index (κ1) is 15.0. The summed E-state index contributed by atoms with van der Waals surface area (Å²) in [6.07, 6.45) is 3.05. The zero-order valence-corrected chi connectivity index (χ0v) is 13.2. The lowest BCUT2D eigenvalue weighted by Crippen LogP contribution is -2.45. The lowest BCUT2D eigenvalue weighted by molar-refractivity contribution is 0.238. The third kappa shape index (κ3) is 3.78. The Labute approximate surface area is 119 Å². The molecule has 108 valence electrons. The molecule has 0 radical (unpaired) electrons. The zero-order valence-electron chi connectivity index (χ0n) is 11.5. The van der Waals surface area contributed by atoms with Crippen LogP contribution in [-0.2, 0) is 16.4 Å². The van der Waals surface area contributed by atoms with Gasteiger partial charge in [-0.1, -0.05) is 13.8 Å². The van der Waals surface area contributed by atoms with E-state index in [-0.39, 0.29) is 5.41 Å². The number of piperidine rings is 1. The molecule has 1 saturated heterocycles. The predicted molar refractivity (Wildman–Crippen MR) is 79.1 cm³/mol. The Morgan fingerprint density at radius 3 is 2.84 bits per heavy atom. The molecule has 0 bridgehead atoms. The normalized spacial score (nSPS) is 24.5. The average molecular weight is 302 g/mol. The fourth-order valence-electron chi connectivity index (χ4n) is 2.30. The van der Waals surface area contributed by atoms with Gasteiger partial charge in [-0.3, -0.25) is 0 Å². The van der Waals surface area contributed by atoms with Crippen molar-refractivity contribution < 1.29 is 8.42 Å². The second-order valence-electron chi connectivity index (χ2n) is 5.49. The van der Waals surface area contributed by atoms with Gasteiger partial charge in [0.2, 0.25) is 10.0 Å². The Morgan fingerprint density at radius 1 is 1.47 bits per heavy atom. The molecule has 1 fully saturated rings. The lowest BCUT2D eigenvalue weighted by Gasteiger charge is -2.34. The Morgan fingerprint density at radius 2 is 2.26 bits per heavy atom. The van der Waals surface area contributed by atoms with E-state index in [2.05, 4.69) is 17.0 Å². The number of hydrogen-bond acceptors (Lipinski definition) is 4. The quantitative estimate of drug-likeness (QED) is 0.874. The number of thiophene rings is 1. The first-order chi connectivity index (χ1) is 8.95. The van der Waals surface area contributed by atoms with Gasteiger partial charge in [0.05, 0.1) is 0 Å². The molecule has 0 spiro atoms. The summed E-state index contributed by atoms with van der Waals surface area (Å²) in [5, 5.41) is 3.33. The van der Waals surface area contributed by atoms with E-state index in [0.717, 1.165) is 37.2 Å². The fourth-order valence-corrected chi connectivity index (χ4v) is 4.84. The third-order valence-electron chi connectivity index (χ3n) is 3.62. The van der Waals surface area contributed by atoms with Crippen LogP contribution in [0.3, 0.4) is 0 Å². The Bertz CT molecular complexity index is 517. The van der Waals surface area contributed by atoms with Gasteiger partial charge in [0.15, 0.2) is 0 Å². The van der Waals surface area contributed by atoms with Gasteiger partial charge in [-0.05, 0) is 43.4 Å². The van der Waals surface area contributed by atoms with Crippen LogP contribution in [0, 0.1) is 5.41 Å². The molecule has 0 saturated carbocycles. The molecule has 2 rings (SSSR count). The van der Waals surface area contributed by atoms with Crippen molar-refractivity contribution in [3.05, 3.63) is 17.0 Å². The fraction of sp³-hybridized carbons (Fsp3) is 0.692. The van der Waals surface area contributed by atoms with Crippen LogP contribution in [-0.4, -0.2) is 28.1 Å². The molecule has 0 aromatic carbocycles. The standard InChI is InChI=1S/C13H22N2O2S2/c1-3-11-5-6-12(18-11)19(16,17)15-10-13(2)7-4-8-14-9-13/h5-6,14-15H,3-4,7-10H2,1-2H3. The Balaban J connectivity index is 2.01. The van der Waals surface area contributed by atoms with Gasteiger partial charge in [0, 0.05) is 18.0 Å². The molecule has 0 amide bonds. The van der Waals surface area contributed by atoms with Gasteiger partial charge < -0.3 is 5.32 Å². The maximum atomic E-state index is 12.2. The van der Waals surface area contributed by atoms with Crippen molar-refractivity contribution in [2.45, 2.75) is 37.3 Å². The van der Waals surface area contributed by atoms with Gasteiger partial charge in [-0.15, -0.1) is 11.3 Å². The highest BCUT2D eigenvalue weighted by Gasteiger charge is 2.29. The lowest BCUT2D eigenvalue weighted by atomic mass is 9.83. The molecule has 1 atom stereocenters. The highest BCUT2D eigenvalue weighted by atomic mass is 32.2. The van der Waals surface area contributed by atoms with Crippen molar-refractivity contribution in [1.82, 2.24) is 10.0 Å². The molecular formula is C13H22N2O2S2. The van der Waals surface area contributed by atoms with E-state index in [4.69, 9.17) is 0 Å². The molecule has 0 aliphatic carbocycles. The van der Waals surface area contributed by atoms with Crippen LogP contribution in [0.25, 0.3) is 0 Å². The molecule has 2 N–H and O–H groups in total. The van der Waals surface area contributed by atoms with E-state index < -0.39 is 10.0 Å². The minimum absolute atomic E-state index is 0.0240. The summed E-state index contributed by atoms with van der Waals surface area (Å²) in [4.78, 5) is 1.10. The van der Waals surface area contributed by atoms with Gasteiger partial charge in [-0.2, -0.15) is 0 Å². The third-order valence-corrected chi connectivity index (χ3v) is 6.75.